The van der Waals surface area contributed by atoms with E-state index in [1.54, 1.807) is 12.4 Å². The van der Waals surface area contributed by atoms with E-state index in [2.05, 4.69) is 15.3 Å². The molecule has 0 N–H and O–H groups in total. The van der Waals surface area contributed by atoms with E-state index in [4.69, 9.17) is 0 Å². The van der Waals surface area contributed by atoms with Crippen molar-refractivity contribution in [2.75, 3.05) is 0 Å². The van der Waals surface area contributed by atoms with Gasteiger partial charge in [-0.2, -0.15) is 0 Å². The summed E-state index contributed by atoms with van der Waals surface area (Å²) < 4.78 is 28.4. The first-order chi connectivity index (χ1) is 9.24. The molecule has 7 heteroatoms. The van der Waals surface area contributed by atoms with Gasteiger partial charge in [0.05, 0.1) is 12.7 Å². The predicted octanol–water partition coefficient (Wildman–Crippen LogP) is 2.73. The quantitative estimate of drug-likeness (QED) is 0.740. The number of aromatic nitrogens is 4. The third-order valence-corrected chi connectivity index (χ3v) is 3.37. The van der Waals surface area contributed by atoms with Crippen molar-refractivity contribution in [1.82, 2.24) is 20.0 Å². The minimum Gasteiger partial charge on any atom is -0.247 e. The lowest BCUT2D eigenvalue weighted by molar-refractivity contribution is 0.528. The van der Waals surface area contributed by atoms with Gasteiger partial charge in [0, 0.05) is 17.1 Å². The third-order valence-electron chi connectivity index (χ3n) is 2.57. The van der Waals surface area contributed by atoms with E-state index in [1.807, 2.05) is 5.38 Å². The molecular formula is C12H8F2N4S. The van der Waals surface area contributed by atoms with Crippen LogP contribution >= 0.6 is 11.3 Å². The highest BCUT2D eigenvalue weighted by molar-refractivity contribution is 7.13. The van der Waals surface area contributed by atoms with Gasteiger partial charge in [-0.3, -0.25) is 0 Å². The monoisotopic (exact) mass is 278 g/mol. The van der Waals surface area contributed by atoms with Crippen LogP contribution in [0.2, 0.25) is 0 Å². The van der Waals surface area contributed by atoms with Crippen molar-refractivity contribution in [3.05, 3.63) is 53.2 Å². The predicted molar refractivity (Wildman–Crippen MR) is 66.6 cm³/mol. The number of benzene rings is 1. The van der Waals surface area contributed by atoms with Crippen molar-refractivity contribution in [1.29, 1.82) is 0 Å². The van der Waals surface area contributed by atoms with E-state index in [9.17, 15) is 8.78 Å². The van der Waals surface area contributed by atoms with E-state index >= 15 is 0 Å². The molecule has 96 valence electrons. The smallest absolute Gasteiger partial charge is 0.145 e. The van der Waals surface area contributed by atoms with Crippen LogP contribution in [0.5, 0.6) is 0 Å². The Morgan fingerprint density at radius 1 is 1.21 bits per heavy atom. The fourth-order valence-corrected chi connectivity index (χ4v) is 2.26. The number of thiazole rings is 1. The number of hydrogen-bond donors (Lipinski definition) is 0. The molecule has 0 amide bonds. The van der Waals surface area contributed by atoms with Crippen LogP contribution in [0.4, 0.5) is 8.78 Å². The zero-order valence-corrected chi connectivity index (χ0v) is 10.4. The lowest BCUT2D eigenvalue weighted by atomic mass is 10.2. The molecule has 2 aromatic heterocycles. The summed E-state index contributed by atoms with van der Waals surface area (Å²) in [6.45, 7) is -0.00309. The molecule has 0 bridgehead atoms. The fourth-order valence-electron chi connectivity index (χ4n) is 1.67. The Hall–Kier alpha value is -2.15. The average molecular weight is 278 g/mol. The van der Waals surface area contributed by atoms with Crippen LogP contribution in [0.25, 0.3) is 10.7 Å². The maximum absolute atomic E-state index is 13.5. The molecule has 0 spiro atoms. The molecule has 3 rings (SSSR count). The largest absolute Gasteiger partial charge is 0.247 e. The molecule has 0 radical (unpaired) electrons. The van der Waals surface area contributed by atoms with Gasteiger partial charge in [-0.05, 0) is 12.1 Å². The molecule has 3 aromatic rings. The van der Waals surface area contributed by atoms with Crippen LogP contribution in [0.3, 0.4) is 0 Å². The Kier molecular flexibility index (Phi) is 3.04. The first-order valence-corrected chi connectivity index (χ1v) is 6.35. The van der Waals surface area contributed by atoms with Gasteiger partial charge < -0.3 is 0 Å². The molecule has 0 fully saturated rings. The highest BCUT2D eigenvalue weighted by Crippen LogP contribution is 2.19. The van der Waals surface area contributed by atoms with Gasteiger partial charge in [-0.25, -0.2) is 18.4 Å². The molecule has 0 saturated carbocycles. The third kappa shape index (κ3) is 2.37. The second kappa shape index (κ2) is 4.85. The van der Waals surface area contributed by atoms with E-state index < -0.39 is 11.6 Å². The van der Waals surface area contributed by atoms with Crippen molar-refractivity contribution < 1.29 is 8.78 Å². The van der Waals surface area contributed by atoms with Gasteiger partial charge in [0.25, 0.3) is 0 Å². The second-order valence-corrected chi connectivity index (χ2v) is 4.73. The van der Waals surface area contributed by atoms with Crippen LogP contribution in [-0.2, 0) is 6.54 Å². The summed E-state index contributed by atoms with van der Waals surface area (Å²) >= 11 is 1.43. The molecule has 0 aliphatic rings. The zero-order valence-electron chi connectivity index (χ0n) is 9.62. The van der Waals surface area contributed by atoms with Crippen LogP contribution in [0.15, 0.2) is 36.0 Å². The van der Waals surface area contributed by atoms with E-state index in [-0.39, 0.29) is 12.1 Å². The standard InChI is InChI=1S/C12H8F2N4S/c13-9-2-1-3-10(14)8(9)6-18-7-11(16-17-18)12-15-4-5-19-12/h1-5,7H,6H2. The second-order valence-electron chi connectivity index (χ2n) is 3.84. The first kappa shape index (κ1) is 11.9. The summed E-state index contributed by atoms with van der Waals surface area (Å²) in [5.41, 5.74) is 0.560. The summed E-state index contributed by atoms with van der Waals surface area (Å²) in [5, 5.41) is 10.3. The summed E-state index contributed by atoms with van der Waals surface area (Å²) in [6.07, 6.45) is 3.28. The Labute approximate surface area is 111 Å². The topological polar surface area (TPSA) is 43.6 Å². The lowest BCUT2D eigenvalue weighted by Gasteiger charge is -2.03. The normalized spacial score (nSPS) is 10.8. The van der Waals surface area contributed by atoms with Crippen molar-refractivity contribution in [2.24, 2.45) is 0 Å². The van der Waals surface area contributed by atoms with Crippen LogP contribution < -0.4 is 0 Å². The van der Waals surface area contributed by atoms with Gasteiger partial charge in [-0.1, -0.05) is 11.3 Å². The molecule has 0 unspecified atom stereocenters. The molecular weight excluding hydrogens is 270 g/mol. The van der Waals surface area contributed by atoms with E-state index in [1.165, 1.54) is 34.2 Å². The number of halogens is 2. The first-order valence-electron chi connectivity index (χ1n) is 5.47. The maximum Gasteiger partial charge on any atom is 0.145 e. The van der Waals surface area contributed by atoms with Gasteiger partial charge in [-0.15, -0.1) is 16.4 Å². The summed E-state index contributed by atoms with van der Waals surface area (Å²) in [5.74, 6) is -1.18. The van der Waals surface area contributed by atoms with E-state index in [0.29, 0.717) is 5.69 Å². The molecule has 1 aromatic carbocycles. The molecule has 0 aliphatic carbocycles. The Bertz CT molecular complexity index is 673. The SMILES string of the molecule is Fc1cccc(F)c1Cn1cc(-c2nccs2)nn1. The summed E-state index contributed by atoms with van der Waals surface area (Å²) in [7, 11) is 0. The molecule has 0 saturated heterocycles. The van der Waals surface area contributed by atoms with Gasteiger partial charge in [0.1, 0.15) is 22.3 Å². The minimum absolute atomic E-state index is 0.00309. The van der Waals surface area contributed by atoms with Crippen LogP contribution in [0.1, 0.15) is 5.56 Å². The summed E-state index contributed by atoms with van der Waals surface area (Å²) in [6, 6.07) is 3.77. The van der Waals surface area contributed by atoms with Gasteiger partial charge >= 0.3 is 0 Å². The summed E-state index contributed by atoms with van der Waals surface area (Å²) in [4.78, 5) is 4.10. The van der Waals surface area contributed by atoms with E-state index in [0.717, 1.165) is 5.01 Å². The highest BCUT2D eigenvalue weighted by atomic mass is 32.1. The minimum atomic E-state index is -0.591. The molecule has 0 aliphatic heterocycles. The van der Waals surface area contributed by atoms with Crippen LogP contribution in [0, 0.1) is 11.6 Å². The lowest BCUT2D eigenvalue weighted by Crippen LogP contribution is -2.05. The molecule has 19 heavy (non-hydrogen) atoms. The Balaban J connectivity index is 1.88. The van der Waals surface area contributed by atoms with Gasteiger partial charge in [0.2, 0.25) is 0 Å². The van der Waals surface area contributed by atoms with Crippen molar-refractivity contribution in [3.63, 3.8) is 0 Å². The fraction of sp³-hybridized carbons (Fsp3) is 0.0833. The highest BCUT2D eigenvalue weighted by Gasteiger charge is 2.11. The van der Waals surface area contributed by atoms with Gasteiger partial charge in [0.15, 0.2) is 0 Å². The van der Waals surface area contributed by atoms with Crippen molar-refractivity contribution in [3.8, 4) is 10.7 Å². The molecule has 2 heterocycles. The maximum atomic E-state index is 13.5. The zero-order chi connectivity index (χ0) is 13.2. The molecule has 4 nitrogen and oxygen atoms in total. The Morgan fingerprint density at radius 3 is 2.68 bits per heavy atom. The van der Waals surface area contributed by atoms with Crippen molar-refractivity contribution in [2.45, 2.75) is 6.54 Å². The number of hydrogen-bond acceptors (Lipinski definition) is 4. The average Bonchev–Trinajstić information content (AvgIpc) is 3.04. The number of nitrogens with zero attached hydrogens (tertiary/aromatic N) is 4. The number of rotatable bonds is 3. The molecule has 0 atom stereocenters. The van der Waals surface area contributed by atoms with Crippen LogP contribution in [-0.4, -0.2) is 20.0 Å². The van der Waals surface area contributed by atoms with Crippen molar-refractivity contribution >= 4 is 11.3 Å². The Morgan fingerprint density at radius 2 is 2.00 bits per heavy atom.